The SMILES string of the molecule is Cc1ccc(-n2cc3c(N4CCNC(C(=O)NCc5cc6ccccc6[nH]5)C4)ncnc3n2)cc1F. The molecule has 1 aliphatic heterocycles. The lowest BCUT2D eigenvalue weighted by Crippen LogP contribution is -2.57. The van der Waals surface area contributed by atoms with E-state index in [9.17, 15) is 9.18 Å². The summed E-state index contributed by atoms with van der Waals surface area (Å²) in [6, 6.07) is 14.7. The number of hydrogen-bond acceptors (Lipinski definition) is 6. The minimum Gasteiger partial charge on any atom is -0.357 e. The number of H-pyrrole nitrogens is 1. The van der Waals surface area contributed by atoms with Crippen LogP contribution in [0.25, 0.3) is 27.6 Å². The lowest BCUT2D eigenvalue weighted by atomic mass is 10.2. The number of fused-ring (bicyclic) bond motifs is 2. The molecular formula is C26H25FN8O. The van der Waals surface area contributed by atoms with Gasteiger partial charge in [0.15, 0.2) is 5.65 Å². The minimum absolute atomic E-state index is 0.0746. The van der Waals surface area contributed by atoms with Crippen molar-refractivity contribution in [3.05, 3.63) is 78.1 Å². The van der Waals surface area contributed by atoms with E-state index in [1.165, 1.54) is 12.4 Å². The Morgan fingerprint density at radius 2 is 2.08 bits per heavy atom. The first kappa shape index (κ1) is 22.2. The standard InChI is InChI=1S/C26H25FN8O/c1-16-6-7-19(11-21(16)27)35-13-20-24(33-35)30-15-31-25(20)34-9-8-28-23(14-34)26(36)29-12-18-10-17-4-2-3-5-22(17)32-18/h2-7,10-11,13,15,23,28,32H,8-9,12,14H2,1H3,(H,29,36). The molecule has 1 amide bonds. The van der Waals surface area contributed by atoms with Crippen LogP contribution in [-0.2, 0) is 11.3 Å². The molecule has 3 N–H and O–H groups in total. The molecule has 36 heavy (non-hydrogen) atoms. The quantitative estimate of drug-likeness (QED) is 0.355. The summed E-state index contributed by atoms with van der Waals surface area (Å²) >= 11 is 0. The van der Waals surface area contributed by atoms with Crippen LogP contribution in [0.2, 0.25) is 0 Å². The number of anilines is 1. The predicted molar refractivity (Wildman–Crippen MR) is 136 cm³/mol. The van der Waals surface area contributed by atoms with Gasteiger partial charge < -0.3 is 20.5 Å². The summed E-state index contributed by atoms with van der Waals surface area (Å²) in [6.45, 7) is 3.91. The van der Waals surface area contributed by atoms with Gasteiger partial charge in [-0.15, -0.1) is 5.10 Å². The maximum atomic E-state index is 14.1. The topological polar surface area (TPSA) is 104 Å². The number of nitrogens with zero attached hydrogens (tertiary/aromatic N) is 5. The Morgan fingerprint density at radius 3 is 2.94 bits per heavy atom. The molecule has 5 aromatic rings. The minimum atomic E-state index is -0.394. The van der Waals surface area contributed by atoms with Crippen LogP contribution >= 0.6 is 0 Å². The van der Waals surface area contributed by atoms with Crippen molar-refractivity contribution in [2.75, 3.05) is 24.5 Å². The van der Waals surface area contributed by atoms with Crippen LogP contribution < -0.4 is 15.5 Å². The number of piperazine rings is 1. The molecule has 6 rings (SSSR count). The van der Waals surface area contributed by atoms with E-state index in [0.717, 1.165) is 22.0 Å². The maximum absolute atomic E-state index is 14.1. The average molecular weight is 485 g/mol. The van der Waals surface area contributed by atoms with E-state index >= 15 is 0 Å². The molecule has 10 heteroatoms. The molecule has 0 aliphatic carbocycles. The van der Waals surface area contributed by atoms with E-state index in [2.05, 4.69) is 35.6 Å². The number of aromatic amines is 1. The van der Waals surface area contributed by atoms with Crippen molar-refractivity contribution in [3.8, 4) is 5.69 Å². The highest BCUT2D eigenvalue weighted by atomic mass is 19.1. The van der Waals surface area contributed by atoms with E-state index in [-0.39, 0.29) is 11.7 Å². The summed E-state index contributed by atoms with van der Waals surface area (Å²) in [5.74, 6) is 0.338. The summed E-state index contributed by atoms with van der Waals surface area (Å²) in [5.41, 5.74) is 3.70. The van der Waals surface area contributed by atoms with Crippen LogP contribution in [0.1, 0.15) is 11.3 Å². The second-order valence-corrected chi connectivity index (χ2v) is 8.99. The summed E-state index contributed by atoms with van der Waals surface area (Å²) < 4.78 is 15.7. The van der Waals surface area contributed by atoms with Crippen molar-refractivity contribution in [1.82, 2.24) is 35.4 Å². The number of benzene rings is 2. The Balaban J connectivity index is 1.19. The number of amides is 1. The Bertz CT molecular complexity index is 1540. The van der Waals surface area contributed by atoms with E-state index in [4.69, 9.17) is 0 Å². The highest BCUT2D eigenvalue weighted by Gasteiger charge is 2.27. The van der Waals surface area contributed by atoms with Gasteiger partial charge in [-0.1, -0.05) is 24.3 Å². The summed E-state index contributed by atoms with van der Waals surface area (Å²) in [6.07, 6.45) is 3.28. The lowest BCUT2D eigenvalue weighted by molar-refractivity contribution is -0.123. The third-order valence-electron chi connectivity index (χ3n) is 6.55. The van der Waals surface area contributed by atoms with Gasteiger partial charge in [-0.3, -0.25) is 4.79 Å². The van der Waals surface area contributed by atoms with E-state index < -0.39 is 6.04 Å². The highest BCUT2D eigenvalue weighted by Crippen LogP contribution is 2.25. The molecule has 0 spiro atoms. The number of rotatable bonds is 5. The second-order valence-electron chi connectivity index (χ2n) is 8.99. The Hall–Kier alpha value is -4.31. The fourth-order valence-corrected chi connectivity index (χ4v) is 4.59. The van der Waals surface area contributed by atoms with Gasteiger partial charge in [0.05, 0.1) is 17.6 Å². The second kappa shape index (κ2) is 9.04. The molecule has 2 aromatic carbocycles. The zero-order chi connectivity index (χ0) is 24.6. The Labute approximate surface area is 206 Å². The van der Waals surface area contributed by atoms with Crippen molar-refractivity contribution in [1.29, 1.82) is 0 Å². The van der Waals surface area contributed by atoms with Gasteiger partial charge in [0.1, 0.15) is 24.0 Å². The molecule has 1 saturated heterocycles. The smallest absolute Gasteiger partial charge is 0.239 e. The highest BCUT2D eigenvalue weighted by molar-refractivity contribution is 5.88. The zero-order valence-electron chi connectivity index (χ0n) is 19.7. The molecule has 1 fully saturated rings. The molecule has 1 aliphatic rings. The zero-order valence-corrected chi connectivity index (χ0v) is 19.7. The number of aryl methyl sites for hydroxylation is 1. The first-order valence-corrected chi connectivity index (χ1v) is 11.8. The van der Waals surface area contributed by atoms with E-state index in [0.29, 0.717) is 48.9 Å². The van der Waals surface area contributed by atoms with Crippen LogP contribution in [-0.4, -0.2) is 56.3 Å². The van der Waals surface area contributed by atoms with Crippen LogP contribution in [0.5, 0.6) is 0 Å². The number of para-hydroxylation sites is 1. The number of carbonyl (C=O) groups excluding carboxylic acids is 1. The van der Waals surface area contributed by atoms with E-state index in [1.807, 2.05) is 42.6 Å². The molecule has 4 heterocycles. The average Bonchev–Trinajstić information content (AvgIpc) is 3.53. The van der Waals surface area contributed by atoms with Crippen LogP contribution in [0.3, 0.4) is 0 Å². The summed E-state index contributed by atoms with van der Waals surface area (Å²) in [4.78, 5) is 27.2. The van der Waals surface area contributed by atoms with Gasteiger partial charge in [0.25, 0.3) is 0 Å². The van der Waals surface area contributed by atoms with Gasteiger partial charge in [0, 0.05) is 37.0 Å². The lowest BCUT2D eigenvalue weighted by Gasteiger charge is -2.33. The molecule has 1 unspecified atom stereocenters. The Kier molecular flexibility index (Phi) is 5.57. The number of aromatic nitrogens is 5. The number of carbonyl (C=O) groups is 1. The van der Waals surface area contributed by atoms with Gasteiger partial charge in [-0.05, 0) is 42.1 Å². The molecule has 0 radical (unpaired) electrons. The maximum Gasteiger partial charge on any atom is 0.239 e. The molecule has 0 bridgehead atoms. The van der Waals surface area contributed by atoms with E-state index in [1.54, 1.807) is 17.7 Å². The third-order valence-corrected chi connectivity index (χ3v) is 6.55. The fraction of sp³-hybridized carbons (Fsp3) is 0.231. The van der Waals surface area contributed by atoms with Gasteiger partial charge in [0.2, 0.25) is 5.91 Å². The number of hydrogen-bond donors (Lipinski definition) is 3. The fourth-order valence-electron chi connectivity index (χ4n) is 4.59. The van der Waals surface area contributed by atoms with Crippen LogP contribution in [0.4, 0.5) is 10.2 Å². The number of halogens is 1. The predicted octanol–water partition coefficient (Wildman–Crippen LogP) is 2.84. The number of nitrogens with one attached hydrogen (secondary N) is 3. The molecule has 3 aromatic heterocycles. The van der Waals surface area contributed by atoms with Crippen molar-refractivity contribution in [2.45, 2.75) is 19.5 Å². The molecule has 0 saturated carbocycles. The van der Waals surface area contributed by atoms with Crippen molar-refractivity contribution >= 4 is 33.7 Å². The first-order chi connectivity index (χ1) is 17.5. The summed E-state index contributed by atoms with van der Waals surface area (Å²) in [5, 5.41) is 12.7. The largest absolute Gasteiger partial charge is 0.357 e. The monoisotopic (exact) mass is 484 g/mol. The van der Waals surface area contributed by atoms with Gasteiger partial charge >= 0.3 is 0 Å². The van der Waals surface area contributed by atoms with Crippen molar-refractivity contribution < 1.29 is 9.18 Å². The molecular weight excluding hydrogens is 459 g/mol. The first-order valence-electron chi connectivity index (χ1n) is 11.8. The van der Waals surface area contributed by atoms with Crippen LogP contribution in [0.15, 0.2) is 61.1 Å². The van der Waals surface area contributed by atoms with Gasteiger partial charge in [-0.25, -0.2) is 19.0 Å². The van der Waals surface area contributed by atoms with Crippen molar-refractivity contribution in [2.24, 2.45) is 0 Å². The van der Waals surface area contributed by atoms with Crippen LogP contribution in [0, 0.1) is 12.7 Å². The third kappa shape index (κ3) is 4.16. The summed E-state index contributed by atoms with van der Waals surface area (Å²) in [7, 11) is 0. The molecule has 1 atom stereocenters. The van der Waals surface area contributed by atoms with Gasteiger partial charge in [-0.2, -0.15) is 0 Å². The van der Waals surface area contributed by atoms with Crippen molar-refractivity contribution in [3.63, 3.8) is 0 Å². The normalized spacial score (nSPS) is 16.1. The molecule has 9 nitrogen and oxygen atoms in total. The molecule has 182 valence electrons. The Morgan fingerprint density at radius 1 is 1.19 bits per heavy atom.